The third-order valence-corrected chi connectivity index (χ3v) is 12.4. The molecule has 0 heterocycles. The molecule has 0 nitrogen and oxygen atoms in total. The first-order valence-corrected chi connectivity index (χ1v) is 19.3. The first kappa shape index (κ1) is 30.4. The van der Waals surface area contributed by atoms with Crippen LogP contribution < -0.4 is 0 Å². The van der Waals surface area contributed by atoms with Crippen molar-refractivity contribution < 1.29 is 0 Å². The number of benzene rings is 11. The highest BCUT2D eigenvalue weighted by Gasteiger charge is 2.47. The second-order valence-corrected chi connectivity index (χ2v) is 15.2. The minimum Gasteiger partial charge on any atom is -0.0622 e. The number of rotatable bonds is 4. The molecule has 0 unspecified atom stereocenters. The van der Waals surface area contributed by atoms with Gasteiger partial charge in [-0.15, -0.1) is 0 Å². The van der Waals surface area contributed by atoms with Gasteiger partial charge in [0.15, 0.2) is 0 Å². The molecule has 0 bridgehead atoms. The van der Waals surface area contributed by atoms with Crippen molar-refractivity contribution in [3.05, 3.63) is 229 Å². The molecular formula is C55H34. The Morgan fingerprint density at radius 3 is 1.58 bits per heavy atom. The van der Waals surface area contributed by atoms with Crippen LogP contribution in [0.3, 0.4) is 0 Å². The molecule has 0 heteroatoms. The molecular weight excluding hydrogens is 661 g/mol. The third kappa shape index (κ3) is 4.23. The average molecular weight is 695 g/mol. The molecule has 0 radical (unpaired) electrons. The summed E-state index contributed by atoms with van der Waals surface area (Å²) >= 11 is 0. The predicted molar refractivity (Wildman–Crippen MR) is 233 cm³/mol. The molecule has 55 heavy (non-hydrogen) atoms. The van der Waals surface area contributed by atoms with E-state index in [9.17, 15) is 0 Å². The van der Waals surface area contributed by atoms with Gasteiger partial charge in [-0.25, -0.2) is 0 Å². The molecule has 1 aliphatic rings. The molecule has 254 valence electrons. The maximum atomic E-state index is 2.54. The molecule has 11 aromatic rings. The van der Waals surface area contributed by atoms with Crippen LogP contribution >= 0.6 is 0 Å². The highest BCUT2D eigenvalue weighted by molar-refractivity contribution is 6.25. The van der Waals surface area contributed by atoms with E-state index in [1.54, 1.807) is 0 Å². The van der Waals surface area contributed by atoms with Crippen molar-refractivity contribution in [2.45, 2.75) is 5.41 Å². The Labute approximate surface area is 319 Å². The SMILES string of the molecule is c1ccc(C2(c3ccccc3)c3cc4ccccc4cc3-c3c(-c4cccc5ccccc45)cc(-c4ccc5ccc6cccc7ccc4c5c67)cc32)cc1. The molecule has 0 saturated heterocycles. The van der Waals surface area contributed by atoms with E-state index in [2.05, 4.69) is 206 Å². The van der Waals surface area contributed by atoms with E-state index >= 15 is 0 Å². The average Bonchev–Trinajstić information content (AvgIpc) is 3.54. The minimum atomic E-state index is -0.559. The Kier molecular flexibility index (Phi) is 6.36. The van der Waals surface area contributed by atoms with E-state index in [4.69, 9.17) is 0 Å². The Hall–Kier alpha value is -7.02. The monoisotopic (exact) mass is 694 g/mol. The van der Waals surface area contributed by atoms with Crippen LogP contribution in [0.2, 0.25) is 0 Å². The molecule has 1 aliphatic carbocycles. The lowest BCUT2D eigenvalue weighted by Crippen LogP contribution is -2.28. The molecule has 12 rings (SSSR count). The van der Waals surface area contributed by atoms with Gasteiger partial charge in [0.25, 0.3) is 0 Å². The number of hydrogen-bond acceptors (Lipinski definition) is 0. The highest BCUT2D eigenvalue weighted by atomic mass is 14.5. The molecule has 0 spiro atoms. The Morgan fingerprint density at radius 2 is 0.836 bits per heavy atom. The summed E-state index contributed by atoms with van der Waals surface area (Å²) in [6.07, 6.45) is 0. The van der Waals surface area contributed by atoms with Crippen LogP contribution in [0.25, 0.3) is 87.2 Å². The summed E-state index contributed by atoms with van der Waals surface area (Å²) in [6, 6.07) is 77.5. The first-order chi connectivity index (χ1) is 27.3. The van der Waals surface area contributed by atoms with E-state index < -0.39 is 5.41 Å². The van der Waals surface area contributed by atoms with Crippen LogP contribution in [0, 0.1) is 0 Å². The third-order valence-electron chi connectivity index (χ3n) is 12.4. The molecule has 0 atom stereocenters. The zero-order valence-electron chi connectivity index (χ0n) is 30.1. The maximum absolute atomic E-state index is 2.54. The van der Waals surface area contributed by atoms with Crippen LogP contribution in [-0.4, -0.2) is 0 Å². The van der Waals surface area contributed by atoms with Gasteiger partial charge < -0.3 is 0 Å². The van der Waals surface area contributed by atoms with Gasteiger partial charge in [0.05, 0.1) is 5.41 Å². The van der Waals surface area contributed by atoms with Gasteiger partial charge in [-0.1, -0.05) is 182 Å². The highest BCUT2D eigenvalue weighted by Crippen LogP contribution is 2.60. The fraction of sp³-hybridized carbons (Fsp3) is 0.0182. The summed E-state index contributed by atoms with van der Waals surface area (Å²) < 4.78 is 0. The van der Waals surface area contributed by atoms with E-state index in [0.29, 0.717) is 0 Å². The van der Waals surface area contributed by atoms with Crippen LogP contribution in [0.15, 0.2) is 206 Å². The van der Waals surface area contributed by atoms with E-state index in [-0.39, 0.29) is 0 Å². The van der Waals surface area contributed by atoms with Crippen LogP contribution in [0.4, 0.5) is 0 Å². The lowest BCUT2D eigenvalue weighted by Gasteiger charge is -2.34. The smallest absolute Gasteiger partial charge is 0.0622 e. The Balaban J connectivity index is 1.29. The lowest BCUT2D eigenvalue weighted by atomic mass is 9.67. The number of fused-ring (bicyclic) bond motifs is 5. The fourth-order valence-electron chi connectivity index (χ4n) is 10.1. The maximum Gasteiger partial charge on any atom is 0.0714 e. The van der Waals surface area contributed by atoms with Gasteiger partial charge in [0.1, 0.15) is 0 Å². The Morgan fingerprint density at radius 1 is 0.273 bits per heavy atom. The summed E-state index contributed by atoms with van der Waals surface area (Å²) in [7, 11) is 0. The molecule has 0 amide bonds. The zero-order chi connectivity index (χ0) is 36.1. The summed E-state index contributed by atoms with van der Waals surface area (Å²) in [5.41, 5.74) is 12.2. The predicted octanol–water partition coefficient (Wildman–Crippen LogP) is 14.6. The van der Waals surface area contributed by atoms with Crippen LogP contribution in [-0.2, 0) is 5.41 Å². The summed E-state index contributed by atoms with van der Waals surface area (Å²) in [5.74, 6) is 0. The van der Waals surface area contributed by atoms with Gasteiger partial charge in [0, 0.05) is 0 Å². The summed E-state index contributed by atoms with van der Waals surface area (Å²) in [4.78, 5) is 0. The van der Waals surface area contributed by atoms with Gasteiger partial charge in [-0.05, 0) is 134 Å². The fourth-order valence-corrected chi connectivity index (χ4v) is 10.1. The topological polar surface area (TPSA) is 0 Å². The van der Waals surface area contributed by atoms with Crippen molar-refractivity contribution in [3.63, 3.8) is 0 Å². The second-order valence-electron chi connectivity index (χ2n) is 15.2. The van der Waals surface area contributed by atoms with Crippen molar-refractivity contribution in [1.82, 2.24) is 0 Å². The van der Waals surface area contributed by atoms with Crippen LogP contribution in [0.1, 0.15) is 22.3 Å². The lowest BCUT2D eigenvalue weighted by molar-refractivity contribution is 0.770. The van der Waals surface area contributed by atoms with Crippen molar-refractivity contribution in [1.29, 1.82) is 0 Å². The largest absolute Gasteiger partial charge is 0.0714 e. The first-order valence-electron chi connectivity index (χ1n) is 19.3. The Bertz CT molecular complexity index is 3240. The summed E-state index contributed by atoms with van der Waals surface area (Å²) in [6.45, 7) is 0. The van der Waals surface area contributed by atoms with Gasteiger partial charge >= 0.3 is 0 Å². The van der Waals surface area contributed by atoms with Crippen molar-refractivity contribution in [2.24, 2.45) is 0 Å². The molecule has 0 N–H and O–H groups in total. The number of hydrogen-bond donors (Lipinski definition) is 0. The van der Waals surface area contributed by atoms with E-state index in [0.717, 1.165) is 0 Å². The van der Waals surface area contributed by atoms with Crippen LogP contribution in [0.5, 0.6) is 0 Å². The molecule has 11 aromatic carbocycles. The zero-order valence-corrected chi connectivity index (χ0v) is 30.1. The molecule has 0 saturated carbocycles. The molecule has 0 aromatic heterocycles. The van der Waals surface area contributed by atoms with E-state index in [1.165, 1.54) is 109 Å². The van der Waals surface area contributed by atoms with Gasteiger partial charge in [-0.3, -0.25) is 0 Å². The van der Waals surface area contributed by atoms with E-state index in [1.807, 2.05) is 0 Å². The van der Waals surface area contributed by atoms with Gasteiger partial charge in [0.2, 0.25) is 0 Å². The van der Waals surface area contributed by atoms with Crippen molar-refractivity contribution in [2.75, 3.05) is 0 Å². The van der Waals surface area contributed by atoms with Crippen molar-refractivity contribution in [3.8, 4) is 33.4 Å². The summed E-state index contributed by atoms with van der Waals surface area (Å²) in [5, 5.41) is 12.8. The molecule has 0 aliphatic heterocycles. The quantitative estimate of drug-likeness (QED) is 0.161. The normalized spacial score (nSPS) is 13.2. The second kappa shape index (κ2) is 11.5. The molecule has 0 fully saturated rings. The minimum absolute atomic E-state index is 0.559. The van der Waals surface area contributed by atoms with Gasteiger partial charge in [-0.2, -0.15) is 0 Å². The van der Waals surface area contributed by atoms with Crippen molar-refractivity contribution >= 4 is 53.9 Å². The standard InChI is InChI=1S/C55H34/c1-3-19-42(20-4-1)55(43-21-5-2-6-22-43)50-33-40-15-8-7-14-39(40)31-49(50)54-48(46-24-12-16-35-13-9-10-23-44(35)46)32-41(34-51(54)55)45-29-27-38-26-25-36-17-11-18-37-28-30-47(45)53(38)52(36)37/h1-34H.